The third-order valence-corrected chi connectivity index (χ3v) is 4.90. The summed E-state index contributed by atoms with van der Waals surface area (Å²) < 4.78 is 6.01. The first-order valence-corrected chi connectivity index (χ1v) is 7.98. The molecule has 0 saturated heterocycles. The molecule has 1 fully saturated rings. The van der Waals surface area contributed by atoms with Crippen LogP contribution in [0.5, 0.6) is 5.75 Å². The Kier molecular flexibility index (Phi) is 4.27. The van der Waals surface area contributed by atoms with Gasteiger partial charge in [-0.1, -0.05) is 38.0 Å². The molecule has 0 bridgehead atoms. The third kappa shape index (κ3) is 2.57. The van der Waals surface area contributed by atoms with Crippen molar-refractivity contribution in [2.75, 3.05) is 20.2 Å². The summed E-state index contributed by atoms with van der Waals surface area (Å²) in [4.78, 5) is 2.57. The largest absolute Gasteiger partial charge is 0.492 e. The molecule has 1 aliphatic carbocycles. The molecule has 110 valence electrons. The number of hydrogen-bond acceptors (Lipinski definition) is 3. The maximum absolute atomic E-state index is 6.01. The van der Waals surface area contributed by atoms with Gasteiger partial charge in [-0.3, -0.25) is 4.90 Å². The van der Waals surface area contributed by atoms with E-state index in [0.29, 0.717) is 12.1 Å². The Morgan fingerprint density at radius 3 is 2.75 bits per heavy atom. The minimum absolute atomic E-state index is 0.385. The van der Waals surface area contributed by atoms with Crippen LogP contribution in [0, 0.1) is 0 Å². The van der Waals surface area contributed by atoms with Crippen LogP contribution in [0.2, 0.25) is 0 Å². The van der Waals surface area contributed by atoms with Crippen molar-refractivity contribution < 1.29 is 4.74 Å². The van der Waals surface area contributed by atoms with Crippen molar-refractivity contribution in [3.63, 3.8) is 0 Å². The van der Waals surface area contributed by atoms with Crippen molar-refractivity contribution in [3.8, 4) is 5.75 Å². The average Bonchev–Trinajstić information content (AvgIpc) is 3.01. The molecule has 3 rings (SSSR count). The summed E-state index contributed by atoms with van der Waals surface area (Å²) in [7, 11) is 2.28. The minimum atomic E-state index is 0.385. The van der Waals surface area contributed by atoms with Crippen molar-refractivity contribution in [1.82, 2.24) is 10.2 Å². The number of nitrogens with zero attached hydrogens (tertiary/aromatic N) is 1. The summed E-state index contributed by atoms with van der Waals surface area (Å²) >= 11 is 0. The molecule has 0 spiro atoms. The molecule has 1 heterocycles. The predicted octanol–water partition coefficient (Wildman–Crippen LogP) is 2.97. The Morgan fingerprint density at radius 1 is 1.25 bits per heavy atom. The SMILES string of the molecule is CCNC1c2ccccc2OCC1N(C)C1CCCC1. The maximum atomic E-state index is 6.01. The Morgan fingerprint density at radius 2 is 2.00 bits per heavy atom. The number of benzene rings is 1. The Labute approximate surface area is 122 Å². The van der Waals surface area contributed by atoms with Gasteiger partial charge in [0.25, 0.3) is 0 Å². The molecule has 2 aliphatic rings. The lowest BCUT2D eigenvalue weighted by Gasteiger charge is -2.41. The molecular weight excluding hydrogens is 248 g/mol. The molecule has 2 unspecified atom stereocenters. The molecule has 1 saturated carbocycles. The van der Waals surface area contributed by atoms with Gasteiger partial charge >= 0.3 is 0 Å². The highest BCUT2D eigenvalue weighted by Crippen LogP contribution is 2.36. The zero-order chi connectivity index (χ0) is 13.9. The smallest absolute Gasteiger partial charge is 0.124 e. The van der Waals surface area contributed by atoms with Crippen LogP contribution in [0.3, 0.4) is 0 Å². The van der Waals surface area contributed by atoms with E-state index in [9.17, 15) is 0 Å². The molecule has 20 heavy (non-hydrogen) atoms. The number of rotatable bonds is 4. The van der Waals surface area contributed by atoms with Crippen LogP contribution < -0.4 is 10.1 Å². The highest BCUT2D eigenvalue weighted by atomic mass is 16.5. The van der Waals surface area contributed by atoms with Crippen LogP contribution >= 0.6 is 0 Å². The quantitative estimate of drug-likeness (QED) is 0.913. The fourth-order valence-corrected chi connectivity index (χ4v) is 3.75. The summed E-state index contributed by atoms with van der Waals surface area (Å²) in [5.74, 6) is 1.05. The number of hydrogen-bond donors (Lipinski definition) is 1. The summed E-state index contributed by atoms with van der Waals surface area (Å²) in [6.07, 6.45) is 5.44. The third-order valence-electron chi connectivity index (χ3n) is 4.90. The molecule has 0 radical (unpaired) electrons. The molecule has 1 N–H and O–H groups in total. The number of ether oxygens (including phenoxy) is 1. The van der Waals surface area contributed by atoms with Crippen LogP contribution in [0.25, 0.3) is 0 Å². The molecule has 3 nitrogen and oxygen atoms in total. The van der Waals surface area contributed by atoms with Crippen molar-refractivity contribution in [3.05, 3.63) is 29.8 Å². The zero-order valence-electron chi connectivity index (χ0n) is 12.6. The predicted molar refractivity (Wildman–Crippen MR) is 82.2 cm³/mol. The molecule has 0 aromatic heterocycles. The van der Waals surface area contributed by atoms with Crippen LogP contribution in [-0.4, -0.2) is 37.2 Å². The van der Waals surface area contributed by atoms with Gasteiger partial charge in [-0.2, -0.15) is 0 Å². The lowest BCUT2D eigenvalue weighted by Crippen LogP contribution is -2.51. The summed E-state index contributed by atoms with van der Waals surface area (Å²) in [5.41, 5.74) is 1.32. The highest BCUT2D eigenvalue weighted by Gasteiger charge is 2.36. The van der Waals surface area contributed by atoms with Crippen molar-refractivity contribution in [2.45, 2.75) is 50.7 Å². The second-order valence-corrected chi connectivity index (χ2v) is 6.06. The molecule has 1 aliphatic heterocycles. The van der Waals surface area contributed by atoms with Crippen LogP contribution in [0.1, 0.15) is 44.2 Å². The van der Waals surface area contributed by atoms with Gasteiger partial charge in [0.1, 0.15) is 12.4 Å². The van der Waals surface area contributed by atoms with E-state index in [0.717, 1.165) is 24.9 Å². The van der Waals surface area contributed by atoms with Crippen LogP contribution in [0.15, 0.2) is 24.3 Å². The summed E-state index contributed by atoms with van der Waals surface area (Å²) in [6, 6.07) is 10.0. The summed E-state index contributed by atoms with van der Waals surface area (Å²) in [6.45, 7) is 3.97. The Balaban J connectivity index is 1.83. The van der Waals surface area contributed by atoms with Gasteiger partial charge in [-0.05, 0) is 32.5 Å². The number of nitrogens with one attached hydrogen (secondary N) is 1. The van der Waals surface area contributed by atoms with Gasteiger partial charge in [0, 0.05) is 11.6 Å². The molecule has 1 aromatic rings. The average molecular weight is 274 g/mol. The number of likely N-dealkylation sites (N-methyl/N-ethyl adjacent to an activating group) is 2. The van der Waals surface area contributed by atoms with Gasteiger partial charge in [0.15, 0.2) is 0 Å². The summed E-state index contributed by atoms with van der Waals surface area (Å²) in [5, 5.41) is 3.67. The van der Waals surface area contributed by atoms with E-state index in [4.69, 9.17) is 4.74 Å². The Hall–Kier alpha value is -1.06. The van der Waals surface area contributed by atoms with E-state index in [-0.39, 0.29) is 0 Å². The Bertz CT molecular complexity index is 442. The van der Waals surface area contributed by atoms with E-state index < -0.39 is 0 Å². The maximum Gasteiger partial charge on any atom is 0.124 e. The topological polar surface area (TPSA) is 24.5 Å². The van der Waals surface area contributed by atoms with Crippen molar-refractivity contribution in [2.24, 2.45) is 0 Å². The second kappa shape index (κ2) is 6.15. The first kappa shape index (κ1) is 13.9. The minimum Gasteiger partial charge on any atom is -0.492 e. The van der Waals surface area contributed by atoms with Gasteiger partial charge in [0.05, 0.1) is 12.1 Å². The van der Waals surface area contributed by atoms with E-state index >= 15 is 0 Å². The van der Waals surface area contributed by atoms with Crippen molar-refractivity contribution >= 4 is 0 Å². The standard InChI is InChI=1S/C17H26N2O/c1-3-18-17-14-10-6-7-11-16(14)20-12-15(17)19(2)13-8-4-5-9-13/h6-7,10-11,13,15,17-18H,3-5,8-9,12H2,1-2H3. The molecule has 0 amide bonds. The van der Waals surface area contributed by atoms with E-state index in [1.165, 1.54) is 31.2 Å². The lowest BCUT2D eigenvalue weighted by atomic mass is 9.94. The monoisotopic (exact) mass is 274 g/mol. The van der Waals surface area contributed by atoms with Crippen LogP contribution in [0.4, 0.5) is 0 Å². The number of para-hydroxylation sites is 1. The molecular formula is C17H26N2O. The van der Waals surface area contributed by atoms with E-state index in [2.05, 4.69) is 48.5 Å². The van der Waals surface area contributed by atoms with Crippen molar-refractivity contribution in [1.29, 1.82) is 0 Å². The van der Waals surface area contributed by atoms with Gasteiger partial charge < -0.3 is 10.1 Å². The molecule has 1 aromatic carbocycles. The fraction of sp³-hybridized carbons (Fsp3) is 0.647. The first-order valence-electron chi connectivity index (χ1n) is 7.98. The first-order chi connectivity index (χ1) is 9.81. The second-order valence-electron chi connectivity index (χ2n) is 6.06. The van der Waals surface area contributed by atoms with Crippen LogP contribution in [-0.2, 0) is 0 Å². The lowest BCUT2D eigenvalue weighted by molar-refractivity contribution is 0.0760. The van der Waals surface area contributed by atoms with E-state index in [1.807, 2.05) is 0 Å². The van der Waals surface area contributed by atoms with E-state index in [1.54, 1.807) is 0 Å². The van der Waals surface area contributed by atoms with Gasteiger partial charge in [-0.15, -0.1) is 0 Å². The normalized spacial score (nSPS) is 26.6. The number of fused-ring (bicyclic) bond motifs is 1. The van der Waals surface area contributed by atoms with Gasteiger partial charge in [-0.25, -0.2) is 0 Å². The molecule has 2 atom stereocenters. The zero-order valence-corrected chi connectivity index (χ0v) is 12.6. The van der Waals surface area contributed by atoms with Gasteiger partial charge in [0.2, 0.25) is 0 Å². The molecule has 3 heteroatoms. The highest BCUT2D eigenvalue weighted by molar-refractivity contribution is 5.38. The fourth-order valence-electron chi connectivity index (χ4n) is 3.75.